The molecule has 0 radical (unpaired) electrons. The Hall–Kier alpha value is -2.67. The van der Waals surface area contributed by atoms with E-state index in [1.54, 1.807) is 4.57 Å². The van der Waals surface area contributed by atoms with Crippen molar-refractivity contribution in [3.05, 3.63) is 52.1 Å². The lowest BCUT2D eigenvalue weighted by atomic mass is 10.1. The second-order valence-electron chi connectivity index (χ2n) is 5.53. The minimum absolute atomic E-state index is 0.178. The molecule has 0 bridgehead atoms. The Morgan fingerprint density at radius 2 is 2.17 bits per heavy atom. The molecule has 0 saturated heterocycles. The van der Waals surface area contributed by atoms with Gasteiger partial charge in [0.05, 0.1) is 11.9 Å². The zero-order chi connectivity index (χ0) is 17.5. The van der Waals surface area contributed by atoms with Crippen LogP contribution in [0, 0.1) is 5.41 Å². The Kier molecular flexibility index (Phi) is 6.08. The van der Waals surface area contributed by atoms with Gasteiger partial charge in [-0.3, -0.25) is 9.56 Å². The van der Waals surface area contributed by atoms with E-state index in [9.17, 15) is 4.79 Å². The van der Waals surface area contributed by atoms with E-state index in [0.717, 1.165) is 18.2 Å². The number of aromatic amines is 1. The fraction of sp³-hybridized carbons (Fsp3) is 0.353. The number of nitrogens with zero attached hydrogens (tertiary/aromatic N) is 2. The molecule has 1 heterocycles. The number of H-pyrrole nitrogens is 1. The molecule has 1 aromatic carbocycles. The summed E-state index contributed by atoms with van der Waals surface area (Å²) in [7, 11) is 0. The maximum atomic E-state index is 12.4. The van der Waals surface area contributed by atoms with Crippen LogP contribution in [0.2, 0.25) is 0 Å². The third kappa shape index (κ3) is 3.99. The fourth-order valence-electron chi connectivity index (χ4n) is 2.50. The van der Waals surface area contributed by atoms with Gasteiger partial charge in [-0.15, -0.1) is 0 Å². The van der Waals surface area contributed by atoms with Crippen LogP contribution >= 0.6 is 0 Å². The highest BCUT2D eigenvalue weighted by Crippen LogP contribution is 2.22. The van der Waals surface area contributed by atoms with Gasteiger partial charge in [0.1, 0.15) is 11.5 Å². The van der Waals surface area contributed by atoms with Crippen molar-refractivity contribution >= 4 is 17.9 Å². The quantitative estimate of drug-likeness (QED) is 0.354. The topological polar surface area (TPSA) is 112 Å². The lowest BCUT2D eigenvalue weighted by Crippen LogP contribution is -2.24. The van der Waals surface area contributed by atoms with Crippen molar-refractivity contribution in [1.82, 2.24) is 9.55 Å². The highest BCUT2D eigenvalue weighted by atomic mass is 16.1. The second-order valence-corrected chi connectivity index (χ2v) is 5.53. The summed E-state index contributed by atoms with van der Waals surface area (Å²) in [6.07, 6.45) is 1.93. The number of amidine groups is 1. The second kappa shape index (κ2) is 8.26. The van der Waals surface area contributed by atoms with Crippen molar-refractivity contribution in [1.29, 1.82) is 5.41 Å². The molecule has 2 aromatic rings. The number of hydrogen-bond acceptors (Lipinski definition) is 4. The molecule has 0 spiro atoms. The van der Waals surface area contributed by atoms with E-state index in [-0.39, 0.29) is 11.7 Å². The highest BCUT2D eigenvalue weighted by molar-refractivity contribution is 5.96. The van der Waals surface area contributed by atoms with Crippen molar-refractivity contribution in [2.45, 2.75) is 26.3 Å². The van der Waals surface area contributed by atoms with E-state index in [1.807, 2.05) is 44.2 Å². The van der Waals surface area contributed by atoms with Crippen LogP contribution in [0.3, 0.4) is 0 Å². The van der Waals surface area contributed by atoms with Crippen LogP contribution in [0.5, 0.6) is 0 Å². The minimum atomic E-state index is -0.262. The number of anilines is 1. The van der Waals surface area contributed by atoms with Crippen molar-refractivity contribution in [2.24, 2.45) is 10.7 Å². The van der Waals surface area contributed by atoms with Gasteiger partial charge in [-0.25, -0.2) is 4.79 Å². The van der Waals surface area contributed by atoms with Crippen LogP contribution in [-0.2, 0) is 0 Å². The van der Waals surface area contributed by atoms with Crippen molar-refractivity contribution in [3.8, 4) is 0 Å². The predicted molar refractivity (Wildman–Crippen MR) is 98.5 cm³/mol. The van der Waals surface area contributed by atoms with E-state index < -0.39 is 0 Å². The molecule has 0 aliphatic rings. The third-order valence-corrected chi connectivity index (χ3v) is 3.78. The normalized spacial score (nSPS) is 12.9. The molecule has 7 heteroatoms. The van der Waals surface area contributed by atoms with Crippen LogP contribution in [0.4, 0.5) is 5.82 Å². The maximum Gasteiger partial charge on any atom is 0.328 e. The van der Waals surface area contributed by atoms with Gasteiger partial charge in [0, 0.05) is 12.8 Å². The molecule has 2 rings (SSSR count). The Bertz CT molecular complexity index is 759. The molecule has 24 heavy (non-hydrogen) atoms. The molecule has 0 aliphatic heterocycles. The standard InChI is InChI=1S/C17H24N6O/c1-12(14-7-4-3-5-8-14)23-16(15(11-19)22-17(23)24)21-13(2)20-10-6-9-18/h3-5,7-8,11-12,19H,6,9-10,18H2,1-2H3,(H,20,21)(H,22,24). The maximum absolute atomic E-state index is 12.4. The van der Waals surface area contributed by atoms with E-state index in [0.29, 0.717) is 30.4 Å². The zero-order valence-corrected chi connectivity index (χ0v) is 14.0. The first-order valence-corrected chi connectivity index (χ1v) is 7.96. The number of nitrogens with two attached hydrogens (primary N) is 1. The highest BCUT2D eigenvalue weighted by Gasteiger charge is 2.19. The molecule has 128 valence electrons. The van der Waals surface area contributed by atoms with E-state index >= 15 is 0 Å². The number of benzene rings is 1. The van der Waals surface area contributed by atoms with Crippen LogP contribution in [-0.4, -0.2) is 34.7 Å². The lowest BCUT2D eigenvalue weighted by Gasteiger charge is -2.17. The molecule has 1 atom stereocenters. The van der Waals surface area contributed by atoms with E-state index in [1.165, 1.54) is 0 Å². The summed E-state index contributed by atoms with van der Waals surface area (Å²) in [6.45, 7) is 4.99. The predicted octanol–water partition coefficient (Wildman–Crippen LogP) is 1.96. The average molecular weight is 328 g/mol. The number of imidazole rings is 1. The number of nitrogens with one attached hydrogen (secondary N) is 3. The van der Waals surface area contributed by atoms with Gasteiger partial charge in [0.25, 0.3) is 0 Å². The first-order valence-electron chi connectivity index (χ1n) is 7.96. The minimum Gasteiger partial charge on any atom is -0.330 e. The molecule has 1 aromatic heterocycles. The first kappa shape index (κ1) is 17.7. The largest absolute Gasteiger partial charge is 0.330 e. The van der Waals surface area contributed by atoms with Gasteiger partial charge >= 0.3 is 5.69 Å². The summed E-state index contributed by atoms with van der Waals surface area (Å²) < 4.78 is 1.61. The van der Waals surface area contributed by atoms with Crippen LogP contribution in [0.15, 0.2) is 40.1 Å². The molecule has 7 nitrogen and oxygen atoms in total. The van der Waals surface area contributed by atoms with Gasteiger partial charge in [-0.05, 0) is 32.4 Å². The molecule has 0 fully saturated rings. The van der Waals surface area contributed by atoms with Crippen LogP contribution in [0.25, 0.3) is 0 Å². The third-order valence-electron chi connectivity index (χ3n) is 3.78. The summed E-state index contributed by atoms with van der Waals surface area (Å²) in [6, 6.07) is 9.58. The average Bonchev–Trinajstić information content (AvgIpc) is 2.90. The summed E-state index contributed by atoms with van der Waals surface area (Å²) >= 11 is 0. The Morgan fingerprint density at radius 3 is 2.79 bits per heavy atom. The van der Waals surface area contributed by atoms with Crippen molar-refractivity contribution in [2.75, 3.05) is 18.4 Å². The first-order chi connectivity index (χ1) is 11.6. The Labute approximate surface area is 141 Å². The van der Waals surface area contributed by atoms with Crippen LogP contribution < -0.4 is 16.7 Å². The Balaban J connectivity index is 2.38. The van der Waals surface area contributed by atoms with Gasteiger partial charge in [0.2, 0.25) is 0 Å². The molecular weight excluding hydrogens is 304 g/mol. The molecule has 1 unspecified atom stereocenters. The lowest BCUT2D eigenvalue weighted by molar-refractivity contribution is 0.624. The summed E-state index contributed by atoms with van der Waals surface area (Å²) in [5, 5.41) is 10.7. The Morgan fingerprint density at radius 1 is 1.46 bits per heavy atom. The van der Waals surface area contributed by atoms with E-state index in [2.05, 4.69) is 15.3 Å². The molecule has 0 amide bonds. The summed E-state index contributed by atoms with van der Waals surface area (Å²) in [4.78, 5) is 19.5. The van der Waals surface area contributed by atoms with Crippen LogP contribution in [0.1, 0.15) is 37.6 Å². The van der Waals surface area contributed by atoms with Crippen molar-refractivity contribution < 1.29 is 0 Å². The molecule has 0 aliphatic carbocycles. The van der Waals surface area contributed by atoms with Crippen molar-refractivity contribution in [3.63, 3.8) is 0 Å². The smallest absolute Gasteiger partial charge is 0.328 e. The number of rotatable bonds is 7. The SMILES string of the molecule is CC(=NCCCN)Nc1c(C=N)[nH]c(=O)n1C(C)c1ccccc1. The molecule has 5 N–H and O–H groups in total. The molecule has 0 saturated carbocycles. The van der Waals surface area contributed by atoms with Gasteiger partial charge in [-0.2, -0.15) is 0 Å². The van der Waals surface area contributed by atoms with Gasteiger partial charge < -0.3 is 21.4 Å². The zero-order valence-electron chi connectivity index (χ0n) is 14.0. The van der Waals surface area contributed by atoms with E-state index in [4.69, 9.17) is 11.1 Å². The monoisotopic (exact) mass is 328 g/mol. The molecular formula is C17H24N6O. The number of hydrogen-bond donors (Lipinski definition) is 4. The fourth-order valence-corrected chi connectivity index (χ4v) is 2.50. The summed E-state index contributed by atoms with van der Waals surface area (Å²) in [5.41, 5.74) is 6.65. The number of aromatic nitrogens is 2. The van der Waals surface area contributed by atoms with Gasteiger partial charge in [-0.1, -0.05) is 30.3 Å². The number of aliphatic imine (C=N–C) groups is 1. The van der Waals surface area contributed by atoms with Gasteiger partial charge in [0.15, 0.2) is 0 Å². The summed E-state index contributed by atoms with van der Waals surface area (Å²) in [5.74, 6) is 1.22.